The largest absolute Gasteiger partial charge is 0.489 e. The fraction of sp³-hybridized carbons (Fsp3) is 0.318. The number of carbonyl (C=O) groups is 1. The monoisotopic (exact) mass is 421 g/mol. The summed E-state index contributed by atoms with van der Waals surface area (Å²) in [7, 11) is 1.89. The van der Waals surface area contributed by atoms with Gasteiger partial charge in [0.15, 0.2) is 5.82 Å². The van der Waals surface area contributed by atoms with Crippen molar-refractivity contribution in [3.8, 4) is 16.9 Å². The molecule has 0 saturated carbocycles. The zero-order valence-corrected chi connectivity index (χ0v) is 17.9. The van der Waals surface area contributed by atoms with Crippen LogP contribution in [0.25, 0.3) is 32.2 Å². The molecular weight excluding hydrogens is 398 g/mol. The Morgan fingerprint density at radius 1 is 1.30 bits per heavy atom. The summed E-state index contributed by atoms with van der Waals surface area (Å²) in [6, 6.07) is 10.3. The highest BCUT2D eigenvalue weighted by atomic mass is 32.1. The number of nitrogens with two attached hydrogens (primary N) is 1. The number of carbonyl (C=O) groups excluding carboxylic acids is 1. The number of hydrogen-bond donors (Lipinski definition) is 2. The van der Waals surface area contributed by atoms with E-state index in [9.17, 15) is 4.79 Å². The van der Waals surface area contributed by atoms with Gasteiger partial charge in [0.05, 0.1) is 20.7 Å². The summed E-state index contributed by atoms with van der Waals surface area (Å²) >= 11 is 1.62. The summed E-state index contributed by atoms with van der Waals surface area (Å²) in [5, 5.41) is 9.12. The van der Waals surface area contributed by atoms with Crippen molar-refractivity contribution in [2.24, 2.45) is 13.0 Å². The Bertz CT molecular complexity index is 1290. The molecule has 4 aromatic rings. The molecule has 0 aliphatic carbocycles. The molecule has 0 bridgehead atoms. The van der Waals surface area contributed by atoms with E-state index in [1.165, 1.54) is 0 Å². The number of nitrogens with one attached hydrogen (secondary N) is 1. The number of hydrogen-bond acceptors (Lipinski definition) is 6. The van der Waals surface area contributed by atoms with Gasteiger partial charge in [0.2, 0.25) is 5.91 Å². The summed E-state index contributed by atoms with van der Waals surface area (Å²) in [5.41, 5.74) is 10.0. The first-order valence-electron chi connectivity index (χ1n) is 9.96. The lowest BCUT2D eigenvalue weighted by molar-refractivity contribution is -0.119. The topological polar surface area (TPSA) is 95.1 Å². The highest BCUT2D eigenvalue weighted by Crippen LogP contribution is 2.38. The molecule has 2 atom stereocenters. The van der Waals surface area contributed by atoms with Gasteiger partial charge in [0.25, 0.3) is 0 Å². The minimum atomic E-state index is -0.0822. The van der Waals surface area contributed by atoms with Crippen LogP contribution in [0.4, 0.5) is 5.82 Å². The van der Waals surface area contributed by atoms with Crippen molar-refractivity contribution in [1.29, 1.82) is 0 Å². The van der Waals surface area contributed by atoms with E-state index < -0.39 is 0 Å². The lowest BCUT2D eigenvalue weighted by Crippen LogP contribution is -2.25. The number of benzene rings is 2. The number of nitrogen functional groups attached to an aromatic ring is 1. The average molecular weight is 422 g/mol. The highest BCUT2D eigenvalue weighted by Gasteiger charge is 2.28. The van der Waals surface area contributed by atoms with Crippen LogP contribution in [0.1, 0.15) is 18.4 Å². The summed E-state index contributed by atoms with van der Waals surface area (Å²) in [4.78, 5) is 16.3. The van der Waals surface area contributed by atoms with Crippen LogP contribution in [0.2, 0.25) is 0 Å². The summed E-state index contributed by atoms with van der Waals surface area (Å²) in [5.74, 6) is 1.57. The number of amides is 1. The molecule has 30 heavy (non-hydrogen) atoms. The van der Waals surface area contributed by atoms with Crippen LogP contribution >= 0.6 is 11.3 Å². The molecule has 2 aromatic carbocycles. The molecule has 5 rings (SSSR count). The molecule has 1 amide bonds. The Labute approximate surface area is 177 Å². The van der Waals surface area contributed by atoms with Gasteiger partial charge in [-0.1, -0.05) is 6.07 Å². The zero-order valence-electron chi connectivity index (χ0n) is 17.1. The number of thiazole rings is 1. The van der Waals surface area contributed by atoms with Crippen molar-refractivity contribution >= 4 is 44.2 Å². The Hall–Kier alpha value is -3.13. The number of fused-ring (bicyclic) bond motifs is 2. The standard InChI is InChI=1S/C22H23N5O2S/c1-11(15-9-20(28)24-10-15)29-19-8-14(7-17-21(19)30-12(2)25-17)13-4-5-18-16(6-13)22(23)26-27(18)3/h4-8,11,15H,9-10H2,1-3H3,(H2,23,26)(H,24,28)/t11-,15?/m1/s1. The van der Waals surface area contributed by atoms with Crippen LogP contribution in [0.15, 0.2) is 30.3 Å². The molecule has 7 nitrogen and oxygen atoms in total. The van der Waals surface area contributed by atoms with Gasteiger partial charge in [-0.05, 0) is 49.2 Å². The highest BCUT2D eigenvalue weighted by molar-refractivity contribution is 7.18. The van der Waals surface area contributed by atoms with Gasteiger partial charge >= 0.3 is 0 Å². The Morgan fingerprint density at radius 2 is 2.13 bits per heavy atom. The SMILES string of the molecule is Cc1nc2cc(-c3ccc4c(c3)c(N)nn4C)cc(O[C@H](C)C3CNC(=O)C3)c2s1. The summed E-state index contributed by atoms with van der Waals surface area (Å²) in [6.45, 7) is 4.68. The van der Waals surface area contributed by atoms with E-state index in [0.717, 1.165) is 43.0 Å². The first-order valence-corrected chi connectivity index (χ1v) is 10.8. The van der Waals surface area contributed by atoms with E-state index in [4.69, 9.17) is 15.5 Å². The van der Waals surface area contributed by atoms with Crippen molar-refractivity contribution in [3.05, 3.63) is 35.3 Å². The average Bonchev–Trinajstić information content (AvgIpc) is 3.39. The van der Waals surface area contributed by atoms with Crippen LogP contribution in [0, 0.1) is 12.8 Å². The lowest BCUT2D eigenvalue weighted by atomic mass is 10.0. The van der Waals surface area contributed by atoms with Crippen LogP contribution < -0.4 is 15.8 Å². The molecular formula is C22H23N5O2S. The molecule has 0 radical (unpaired) electrons. The molecule has 1 aliphatic rings. The quantitative estimate of drug-likeness (QED) is 0.525. The Balaban J connectivity index is 1.58. The van der Waals surface area contributed by atoms with Crippen LogP contribution in [0.3, 0.4) is 0 Å². The lowest BCUT2D eigenvalue weighted by Gasteiger charge is -2.20. The normalized spacial score (nSPS) is 17.6. The molecule has 1 unspecified atom stereocenters. The van der Waals surface area contributed by atoms with Crippen LogP contribution in [-0.4, -0.2) is 33.3 Å². The molecule has 1 fully saturated rings. The second kappa shape index (κ2) is 6.98. The minimum absolute atomic E-state index is 0.0822. The third kappa shape index (κ3) is 3.17. The van der Waals surface area contributed by atoms with E-state index in [2.05, 4.69) is 34.7 Å². The Morgan fingerprint density at radius 3 is 2.90 bits per heavy atom. The maximum atomic E-state index is 11.6. The maximum absolute atomic E-state index is 11.6. The zero-order chi connectivity index (χ0) is 21.0. The number of anilines is 1. The molecule has 154 valence electrons. The molecule has 0 spiro atoms. The van der Waals surface area contributed by atoms with Gasteiger partial charge in [-0.15, -0.1) is 11.3 Å². The van der Waals surface area contributed by atoms with Gasteiger partial charge in [-0.3, -0.25) is 9.48 Å². The van der Waals surface area contributed by atoms with Gasteiger partial charge < -0.3 is 15.8 Å². The molecule has 1 aliphatic heterocycles. The first-order chi connectivity index (χ1) is 14.4. The molecule has 2 aromatic heterocycles. The van der Waals surface area contributed by atoms with Crippen LogP contribution in [0.5, 0.6) is 5.75 Å². The van der Waals surface area contributed by atoms with Gasteiger partial charge in [0.1, 0.15) is 11.9 Å². The third-order valence-corrected chi connectivity index (χ3v) is 6.76. The van der Waals surface area contributed by atoms with Crippen molar-refractivity contribution in [2.45, 2.75) is 26.4 Å². The van der Waals surface area contributed by atoms with Crippen molar-refractivity contribution in [2.75, 3.05) is 12.3 Å². The molecule has 3 heterocycles. The van der Waals surface area contributed by atoms with Crippen molar-refractivity contribution in [3.63, 3.8) is 0 Å². The molecule has 8 heteroatoms. The summed E-state index contributed by atoms with van der Waals surface area (Å²) in [6.07, 6.45) is 0.420. The summed E-state index contributed by atoms with van der Waals surface area (Å²) < 4.78 is 9.20. The number of nitrogens with zero attached hydrogens (tertiary/aromatic N) is 3. The second-order valence-corrected chi connectivity index (χ2v) is 9.09. The predicted molar refractivity (Wildman–Crippen MR) is 120 cm³/mol. The van der Waals surface area contributed by atoms with E-state index in [0.29, 0.717) is 18.8 Å². The smallest absolute Gasteiger partial charge is 0.220 e. The van der Waals surface area contributed by atoms with Crippen LogP contribution in [-0.2, 0) is 11.8 Å². The van der Waals surface area contributed by atoms with E-state index in [1.807, 2.05) is 27.0 Å². The number of aryl methyl sites for hydroxylation is 2. The number of rotatable bonds is 4. The number of ether oxygens (including phenoxy) is 1. The third-order valence-electron chi connectivity index (χ3n) is 5.76. The predicted octanol–water partition coefficient (Wildman–Crippen LogP) is 3.64. The van der Waals surface area contributed by atoms with Gasteiger partial charge in [-0.2, -0.15) is 5.10 Å². The Kier molecular flexibility index (Phi) is 4.39. The van der Waals surface area contributed by atoms with Gasteiger partial charge in [0, 0.05) is 31.3 Å². The fourth-order valence-electron chi connectivity index (χ4n) is 4.10. The number of aromatic nitrogens is 3. The maximum Gasteiger partial charge on any atom is 0.220 e. The first kappa shape index (κ1) is 18.9. The minimum Gasteiger partial charge on any atom is -0.489 e. The van der Waals surface area contributed by atoms with E-state index in [1.54, 1.807) is 16.0 Å². The van der Waals surface area contributed by atoms with E-state index in [-0.39, 0.29) is 17.9 Å². The molecule has 3 N–H and O–H groups in total. The van der Waals surface area contributed by atoms with Crippen molar-refractivity contribution in [1.82, 2.24) is 20.1 Å². The van der Waals surface area contributed by atoms with Gasteiger partial charge in [-0.25, -0.2) is 4.98 Å². The van der Waals surface area contributed by atoms with E-state index >= 15 is 0 Å². The fourth-order valence-corrected chi connectivity index (χ4v) is 4.95. The second-order valence-electron chi connectivity index (χ2n) is 7.89. The van der Waals surface area contributed by atoms with Crippen molar-refractivity contribution < 1.29 is 9.53 Å². The molecule has 1 saturated heterocycles.